The number of fused-ring (bicyclic) bond motifs is 1. The molecule has 156 valence electrons. The van der Waals surface area contributed by atoms with E-state index in [1.165, 1.54) is 21.9 Å². The van der Waals surface area contributed by atoms with Crippen LogP contribution < -0.4 is 10.5 Å². The summed E-state index contributed by atoms with van der Waals surface area (Å²) in [5.74, 6) is 0.529. The number of piperazine rings is 1. The van der Waals surface area contributed by atoms with Crippen LogP contribution in [0.4, 0.5) is 5.82 Å². The van der Waals surface area contributed by atoms with Crippen LogP contribution in [0.5, 0.6) is 0 Å². The molecule has 1 fully saturated rings. The number of halogens is 1. The van der Waals surface area contributed by atoms with E-state index in [1.54, 1.807) is 29.2 Å². The lowest BCUT2D eigenvalue weighted by atomic mass is 10.2. The van der Waals surface area contributed by atoms with Crippen molar-refractivity contribution in [3.05, 3.63) is 81.6 Å². The van der Waals surface area contributed by atoms with Crippen molar-refractivity contribution in [2.45, 2.75) is 0 Å². The van der Waals surface area contributed by atoms with Crippen LogP contribution in [0.25, 0.3) is 15.5 Å². The van der Waals surface area contributed by atoms with E-state index >= 15 is 0 Å². The Labute approximate surface area is 187 Å². The van der Waals surface area contributed by atoms with E-state index in [9.17, 15) is 9.59 Å². The average molecular weight is 452 g/mol. The number of benzene rings is 2. The maximum Gasteiger partial charge on any atom is 0.277 e. The van der Waals surface area contributed by atoms with Gasteiger partial charge in [-0.05, 0) is 12.1 Å². The quantitative estimate of drug-likeness (QED) is 0.477. The second-order valence-corrected chi connectivity index (χ2v) is 8.54. The van der Waals surface area contributed by atoms with Crippen molar-refractivity contribution in [1.82, 2.24) is 19.5 Å². The molecule has 2 aromatic heterocycles. The number of anilines is 1. The molecule has 31 heavy (non-hydrogen) atoms. The van der Waals surface area contributed by atoms with E-state index in [-0.39, 0.29) is 11.5 Å². The molecular formula is C22H18ClN5O2S. The molecule has 0 spiro atoms. The Bertz CT molecular complexity index is 1310. The van der Waals surface area contributed by atoms with Gasteiger partial charge >= 0.3 is 0 Å². The predicted octanol–water partition coefficient (Wildman–Crippen LogP) is 3.43. The summed E-state index contributed by atoms with van der Waals surface area (Å²) in [5, 5.41) is 5.62. The van der Waals surface area contributed by atoms with Gasteiger partial charge in [-0.3, -0.25) is 9.59 Å². The van der Waals surface area contributed by atoms with Crippen LogP contribution in [-0.2, 0) is 0 Å². The molecule has 2 aromatic carbocycles. The summed E-state index contributed by atoms with van der Waals surface area (Å²) in [7, 11) is 0. The standard InChI is InChI=1S/C22H18ClN5O2S/c23-17-9-5-4-8-16(17)21(30)27-12-10-26(11-13-27)18-14-19(29)28-22(24-18)31-20(25-28)15-6-2-1-3-7-15/h1-9,14H,10-13H2. The molecule has 0 radical (unpaired) electrons. The van der Waals surface area contributed by atoms with Gasteiger partial charge < -0.3 is 9.80 Å². The third-order valence-electron chi connectivity index (χ3n) is 5.25. The maximum atomic E-state index is 12.8. The topological polar surface area (TPSA) is 70.8 Å². The zero-order chi connectivity index (χ0) is 21.4. The number of amides is 1. The fraction of sp³-hybridized carbons (Fsp3) is 0.182. The molecular weight excluding hydrogens is 434 g/mol. The fourth-order valence-electron chi connectivity index (χ4n) is 3.60. The van der Waals surface area contributed by atoms with Crippen LogP contribution in [0.2, 0.25) is 5.02 Å². The average Bonchev–Trinajstić information content (AvgIpc) is 3.25. The van der Waals surface area contributed by atoms with E-state index in [0.717, 1.165) is 10.6 Å². The van der Waals surface area contributed by atoms with Gasteiger partial charge in [0.2, 0.25) is 4.96 Å². The number of hydrogen-bond acceptors (Lipinski definition) is 6. The van der Waals surface area contributed by atoms with Gasteiger partial charge in [-0.1, -0.05) is 65.4 Å². The van der Waals surface area contributed by atoms with Crippen LogP contribution in [0.3, 0.4) is 0 Å². The van der Waals surface area contributed by atoms with Crippen LogP contribution in [0.1, 0.15) is 10.4 Å². The van der Waals surface area contributed by atoms with Crippen LogP contribution in [0, 0.1) is 0 Å². The lowest BCUT2D eigenvalue weighted by Crippen LogP contribution is -2.49. The molecule has 0 aliphatic carbocycles. The van der Waals surface area contributed by atoms with Gasteiger partial charge in [0.05, 0.1) is 10.6 Å². The Morgan fingerprint density at radius 1 is 0.968 bits per heavy atom. The summed E-state index contributed by atoms with van der Waals surface area (Å²) in [4.78, 5) is 34.4. The number of rotatable bonds is 3. The molecule has 0 bridgehead atoms. The molecule has 1 aliphatic heterocycles. The first kappa shape index (κ1) is 19.7. The summed E-state index contributed by atoms with van der Waals surface area (Å²) < 4.78 is 1.34. The molecule has 0 N–H and O–H groups in total. The molecule has 0 atom stereocenters. The fourth-order valence-corrected chi connectivity index (χ4v) is 4.72. The van der Waals surface area contributed by atoms with Gasteiger partial charge in [0, 0.05) is 37.8 Å². The normalized spacial score (nSPS) is 14.2. The van der Waals surface area contributed by atoms with Gasteiger partial charge in [-0.2, -0.15) is 9.61 Å². The predicted molar refractivity (Wildman–Crippen MR) is 122 cm³/mol. The lowest BCUT2D eigenvalue weighted by molar-refractivity contribution is 0.0746. The molecule has 9 heteroatoms. The number of aromatic nitrogens is 3. The van der Waals surface area contributed by atoms with Crippen molar-refractivity contribution >= 4 is 39.6 Å². The Kier molecular flexibility index (Phi) is 5.17. The molecule has 1 saturated heterocycles. The molecule has 0 saturated carbocycles. The minimum Gasteiger partial charge on any atom is -0.353 e. The molecule has 7 nitrogen and oxygen atoms in total. The van der Waals surface area contributed by atoms with Crippen molar-refractivity contribution in [1.29, 1.82) is 0 Å². The zero-order valence-corrected chi connectivity index (χ0v) is 18.0. The molecule has 1 amide bonds. The number of carbonyl (C=O) groups is 1. The largest absolute Gasteiger partial charge is 0.353 e. The van der Waals surface area contributed by atoms with E-state index in [0.29, 0.717) is 47.5 Å². The maximum absolute atomic E-state index is 12.8. The van der Waals surface area contributed by atoms with Crippen molar-refractivity contribution in [2.24, 2.45) is 0 Å². The SMILES string of the molecule is O=C(c1ccccc1Cl)N1CCN(c2cc(=O)n3nc(-c4ccccc4)sc3n2)CC1. The first-order chi connectivity index (χ1) is 15.1. The first-order valence-electron chi connectivity index (χ1n) is 9.85. The third kappa shape index (κ3) is 3.80. The molecule has 4 aromatic rings. The van der Waals surface area contributed by atoms with E-state index in [4.69, 9.17) is 11.6 Å². The molecule has 3 heterocycles. The van der Waals surface area contributed by atoms with E-state index < -0.39 is 0 Å². The highest BCUT2D eigenvalue weighted by molar-refractivity contribution is 7.19. The van der Waals surface area contributed by atoms with Crippen molar-refractivity contribution in [2.75, 3.05) is 31.1 Å². The summed E-state index contributed by atoms with van der Waals surface area (Å²) in [6, 6.07) is 18.3. The lowest BCUT2D eigenvalue weighted by Gasteiger charge is -2.35. The Hall–Kier alpha value is -3.23. The Morgan fingerprint density at radius 3 is 2.42 bits per heavy atom. The van der Waals surface area contributed by atoms with Gasteiger partial charge in [-0.25, -0.2) is 4.98 Å². The minimum atomic E-state index is -0.215. The first-order valence-corrected chi connectivity index (χ1v) is 11.0. The van der Waals surface area contributed by atoms with Crippen LogP contribution >= 0.6 is 22.9 Å². The van der Waals surface area contributed by atoms with Crippen LogP contribution in [-0.4, -0.2) is 51.6 Å². The highest BCUT2D eigenvalue weighted by Crippen LogP contribution is 2.25. The van der Waals surface area contributed by atoms with Crippen molar-refractivity contribution < 1.29 is 4.79 Å². The summed E-state index contributed by atoms with van der Waals surface area (Å²) >= 11 is 7.55. The highest BCUT2D eigenvalue weighted by atomic mass is 35.5. The number of carbonyl (C=O) groups excluding carboxylic acids is 1. The smallest absolute Gasteiger partial charge is 0.277 e. The van der Waals surface area contributed by atoms with Crippen molar-refractivity contribution in [3.63, 3.8) is 0 Å². The summed E-state index contributed by atoms with van der Waals surface area (Å²) in [6.45, 7) is 2.23. The third-order valence-corrected chi connectivity index (χ3v) is 6.53. The zero-order valence-electron chi connectivity index (χ0n) is 16.4. The highest BCUT2D eigenvalue weighted by Gasteiger charge is 2.25. The molecule has 5 rings (SSSR count). The monoisotopic (exact) mass is 451 g/mol. The second kappa shape index (κ2) is 8.13. The Balaban J connectivity index is 1.36. The van der Waals surface area contributed by atoms with Crippen molar-refractivity contribution in [3.8, 4) is 10.6 Å². The summed E-state index contributed by atoms with van der Waals surface area (Å²) in [6.07, 6.45) is 0. The molecule has 0 unspecified atom stereocenters. The Morgan fingerprint density at radius 2 is 1.68 bits per heavy atom. The van der Waals surface area contributed by atoms with E-state index in [2.05, 4.69) is 10.1 Å². The van der Waals surface area contributed by atoms with Gasteiger partial charge in [0.25, 0.3) is 11.5 Å². The summed E-state index contributed by atoms with van der Waals surface area (Å²) in [5.41, 5.74) is 1.24. The van der Waals surface area contributed by atoms with E-state index in [1.807, 2.05) is 35.2 Å². The van der Waals surface area contributed by atoms with Gasteiger partial charge in [-0.15, -0.1) is 0 Å². The molecule has 1 aliphatic rings. The van der Waals surface area contributed by atoms with Crippen LogP contribution in [0.15, 0.2) is 65.5 Å². The number of hydrogen-bond donors (Lipinski definition) is 0. The van der Waals surface area contributed by atoms with Gasteiger partial charge in [0.15, 0.2) is 0 Å². The number of nitrogens with zero attached hydrogens (tertiary/aromatic N) is 5. The van der Waals surface area contributed by atoms with Gasteiger partial charge in [0.1, 0.15) is 10.8 Å². The minimum absolute atomic E-state index is 0.0799. The second-order valence-electron chi connectivity index (χ2n) is 7.18.